The van der Waals surface area contributed by atoms with Gasteiger partial charge in [0.1, 0.15) is 12.3 Å². The molecule has 1 aliphatic rings. The molecule has 0 atom stereocenters. The molecule has 10 nitrogen and oxygen atoms in total. The number of ether oxygens (including phenoxy) is 3. The largest absolute Gasteiger partial charge is 0.382 e. The first kappa shape index (κ1) is 26.2. The third-order valence-electron chi connectivity index (χ3n) is 5.24. The van der Waals surface area contributed by atoms with Crippen LogP contribution in [0.2, 0.25) is 0 Å². The van der Waals surface area contributed by atoms with Gasteiger partial charge in [-0.3, -0.25) is 25.2 Å². The molecule has 1 aliphatic heterocycles. The van der Waals surface area contributed by atoms with E-state index in [-0.39, 0.29) is 36.5 Å². The Morgan fingerprint density at radius 2 is 1.85 bits per heavy atom. The summed E-state index contributed by atoms with van der Waals surface area (Å²) in [6.45, 7) is 3.12. The van der Waals surface area contributed by atoms with Gasteiger partial charge in [0.05, 0.1) is 37.9 Å². The van der Waals surface area contributed by atoms with Crippen LogP contribution in [0.3, 0.4) is 0 Å². The quantitative estimate of drug-likeness (QED) is 0.329. The number of piperidine rings is 1. The molecule has 34 heavy (non-hydrogen) atoms. The fraction of sp³-hybridized carbons (Fsp3) is 0.545. The maximum atomic E-state index is 12.3. The zero-order chi connectivity index (χ0) is 24.2. The number of hydrogen-bond acceptors (Lipinski definition) is 9. The number of hydrazine groups is 1. The summed E-state index contributed by atoms with van der Waals surface area (Å²) in [6, 6.07) is 1.87. The minimum absolute atomic E-state index is 0.0345. The van der Waals surface area contributed by atoms with E-state index >= 15 is 0 Å². The van der Waals surface area contributed by atoms with Gasteiger partial charge in [-0.15, -0.1) is 11.3 Å². The lowest BCUT2D eigenvalue weighted by atomic mass is 9.97. The highest BCUT2D eigenvalue weighted by molar-refractivity contribution is 7.10. The van der Waals surface area contributed by atoms with Crippen molar-refractivity contribution < 1.29 is 28.6 Å². The number of thiazole rings is 1. The molecule has 186 valence electrons. The van der Waals surface area contributed by atoms with Gasteiger partial charge >= 0.3 is 0 Å². The van der Waals surface area contributed by atoms with Crippen LogP contribution < -0.4 is 10.9 Å². The Labute approximate surface area is 206 Å². The summed E-state index contributed by atoms with van der Waals surface area (Å²) in [5.41, 5.74) is 6.01. The molecule has 3 rings (SSSR count). The molecule has 2 aromatic rings. The average Bonchev–Trinajstić information content (AvgIpc) is 3.54. The standard InChI is InChI=1S/C22H30N4O6S2/c1-30-7-8-31-9-10-32-13-20(28)26-5-2-17(3-6-26)22-23-18(15-34-22)21(29)25-24-19(27)12-16-4-11-33-14-16/h4,11,14-15,17H,2-3,5-10,12-13H2,1H3,(H,24,27)(H,25,29). The molecule has 0 aliphatic carbocycles. The van der Waals surface area contributed by atoms with E-state index in [4.69, 9.17) is 14.2 Å². The first-order valence-corrected chi connectivity index (χ1v) is 12.9. The van der Waals surface area contributed by atoms with Crippen LogP contribution >= 0.6 is 22.7 Å². The number of carbonyl (C=O) groups is 3. The molecule has 12 heteroatoms. The number of nitrogens with zero attached hydrogens (tertiary/aromatic N) is 2. The van der Waals surface area contributed by atoms with Gasteiger partial charge in [-0.25, -0.2) is 4.98 Å². The van der Waals surface area contributed by atoms with Gasteiger partial charge in [0.25, 0.3) is 5.91 Å². The number of methoxy groups -OCH3 is 1. The second-order valence-electron chi connectivity index (χ2n) is 7.69. The molecular weight excluding hydrogens is 480 g/mol. The minimum Gasteiger partial charge on any atom is -0.382 e. The van der Waals surface area contributed by atoms with Crippen molar-refractivity contribution in [3.63, 3.8) is 0 Å². The van der Waals surface area contributed by atoms with Crippen LogP contribution in [-0.2, 0) is 30.2 Å². The molecule has 0 aromatic carbocycles. The smallest absolute Gasteiger partial charge is 0.289 e. The third-order valence-corrected chi connectivity index (χ3v) is 6.98. The van der Waals surface area contributed by atoms with Crippen molar-refractivity contribution in [2.45, 2.75) is 25.2 Å². The van der Waals surface area contributed by atoms with Crippen LogP contribution in [0.4, 0.5) is 0 Å². The molecule has 0 bridgehead atoms. The Morgan fingerprint density at radius 1 is 1.09 bits per heavy atom. The third kappa shape index (κ3) is 8.44. The molecule has 3 amide bonds. The van der Waals surface area contributed by atoms with Crippen LogP contribution in [0.25, 0.3) is 0 Å². The Hall–Kier alpha value is -2.38. The molecule has 1 fully saturated rings. The molecule has 0 unspecified atom stereocenters. The number of rotatable bonds is 12. The van der Waals surface area contributed by atoms with Gasteiger partial charge in [-0.1, -0.05) is 0 Å². The lowest BCUT2D eigenvalue weighted by molar-refractivity contribution is -0.137. The topological polar surface area (TPSA) is 119 Å². The van der Waals surface area contributed by atoms with Gasteiger partial charge in [0.2, 0.25) is 11.8 Å². The Morgan fingerprint density at radius 3 is 2.59 bits per heavy atom. The highest BCUT2D eigenvalue weighted by Gasteiger charge is 2.26. The average molecular weight is 511 g/mol. The van der Waals surface area contributed by atoms with Gasteiger partial charge < -0.3 is 19.1 Å². The Bertz CT molecular complexity index is 912. The van der Waals surface area contributed by atoms with E-state index in [1.54, 1.807) is 17.4 Å². The number of thiophene rings is 1. The van der Waals surface area contributed by atoms with Crippen LogP contribution in [0, 0.1) is 0 Å². The summed E-state index contributed by atoms with van der Waals surface area (Å²) in [5, 5.41) is 6.34. The zero-order valence-electron chi connectivity index (χ0n) is 19.1. The van der Waals surface area contributed by atoms with E-state index in [1.165, 1.54) is 22.7 Å². The number of carbonyl (C=O) groups excluding carboxylic acids is 3. The zero-order valence-corrected chi connectivity index (χ0v) is 20.8. The molecule has 2 aromatic heterocycles. The maximum absolute atomic E-state index is 12.3. The lowest BCUT2D eigenvalue weighted by Gasteiger charge is -2.31. The van der Waals surface area contributed by atoms with Crippen molar-refractivity contribution in [1.29, 1.82) is 0 Å². The summed E-state index contributed by atoms with van der Waals surface area (Å²) >= 11 is 2.94. The van der Waals surface area contributed by atoms with E-state index in [0.29, 0.717) is 39.5 Å². The van der Waals surface area contributed by atoms with E-state index in [9.17, 15) is 14.4 Å². The summed E-state index contributed by atoms with van der Waals surface area (Å²) in [7, 11) is 1.61. The number of hydrogen-bond donors (Lipinski definition) is 2. The van der Waals surface area contributed by atoms with Crippen molar-refractivity contribution in [3.05, 3.63) is 38.5 Å². The fourth-order valence-electron chi connectivity index (χ4n) is 3.38. The number of amides is 3. The Balaban J connectivity index is 1.34. The Kier molecular flexibility index (Phi) is 10.9. The lowest BCUT2D eigenvalue weighted by Crippen LogP contribution is -2.42. The van der Waals surface area contributed by atoms with E-state index in [0.717, 1.165) is 23.4 Å². The van der Waals surface area contributed by atoms with Crippen LogP contribution in [0.15, 0.2) is 22.2 Å². The van der Waals surface area contributed by atoms with Gasteiger partial charge in [0.15, 0.2) is 0 Å². The van der Waals surface area contributed by atoms with E-state index in [1.807, 2.05) is 16.8 Å². The monoisotopic (exact) mass is 510 g/mol. The molecule has 0 radical (unpaired) electrons. The second-order valence-corrected chi connectivity index (χ2v) is 9.36. The summed E-state index contributed by atoms with van der Waals surface area (Å²) in [4.78, 5) is 42.8. The predicted octanol–water partition coefficient (Wildman–Crippen LogP) is 1.59. The van der Waals surface area contributed by atoms with Crippen molar-refractivity contribution in [2.24, 2.45) is 0 Å². The summed E-state index contributed by atoms with van der Waals surface area (Å²) in [6.07, 6.45) is 1.76. The maximum Gasteiger partial charge on any atom is 0.289 e. The highest BCUT2D eigenvalue weighted by atomic mass is 32.1. The van der Waals surface area contributed by atoms with Gasteiger partial charge in [-0.05, 0) is 35.2 Å². The second kappa shape index (κ2) is 14.1. The predicted molar refractivity (Wildman–Crippen MR) is 128 cm³/mol. The van der Waals surface area contributed by atoms with E-state index < -0.39 is 5.91 Å². The number of likely N-dealkylation sites (tertiary alicyclic amines) is 1. The van der Waals surface area contributed by atoms with Gasteiger partial charge in [0, 0.05) is 31.5 Å². The fourth-order valence-corrected chi connectivity index (χ4v) is 5.02. The van der Waals surface area contributed by atoms with E-state index in [2.05, 4.69) is 15.8 Å². The summed E-state index contributed by atoms with van der Waals surface area (Å²) in [5.74, 6) is -0.578. The highest BCUT2D eigenvalue weighted by Crippen LogP contribution is 2.30. The van der Waals surface area contributed by atoms with Crippen molar-refractivity contribution in [3.8, 4) is 0 Å². The van der Waals surface area contributed by atoms with Gasteiger partial charge in [-0.2, -0.15) is 11.3 Å². The number of nitrogens with one attached hydrogen (secondary N) is 2. The molecule has 0 saturated carbocycles. The molecule has 0 spiro atoms. The van der Waals surface area contributed by atoms with Crippen LogP contribution in [0.1, 0.15) is 39.8 Å². The normalized spacial score (nSPS) is 14.2. The number of aromatic nitrogens is 1. The molecule has 1 saturated heterocycles. The molecule has 2 N–H and O–H groups in total. The van der Waals surface area contributed by atoms with Crippen LogP contribution in [-0.4, -0.2) is 80.8 Å². The van der Waals surface area contributed by atoms with Crippen molar-refractivity contribution >= 4 is 40.4 Å². The van der Waals surface area contributed by atoms with Crippen molar-refractivity contribution in [1.82, 2.24) is 20.7 Å². The first-order valence-electron chi connectivity index (χ1n) is 11.0. The van der Waals surface area contributed by atoms with Crippen molar-refractivity contribution in [2.75, 3.05) is 53.2 Å². The molecule has 3 heterocycles. The van der Waals surface area contributed by atoms with Crippen LogP contribution in [0.5, 0.6) is 0 Å². The SMILES string of the molecule is COCCOCCOCC(=O)N1CCC(c2nc(C(=O)NNC(=O)Cc3ccsc3)cs2)CC1. The molecular formula is C22H30N4O6S2. The summed E-state index contributed by atoms with van der Waals surface area (Å²) < 4.78 is 15.6. The minimum atomic E-state index is -0.447. The first-order chi connectivity index (χ1) is 16.6.